The normalized spacial score (nSPS) is 15.1. The maximum Gasteiger partial charge on any atom is 0.0564 e. The lowest BCUT2D eigenvalue weighted by atomic mass is 10.1. The molecular formula is C8H18O. The van der Waals surface area contributed by atoms with Crippen molar-refractivity contribution >= 4 is 0 Å². The van der Waals surface area contributed by atoms with Gasteiger partial charge in [0.1, 0.15) is 0 Å². The number of unbranched alkanes of at least 4 members (excludes halogenated alkanes) is 4. The van der Waals surface area contributed by atoms with Gasteiger partial charge in [-0.2, -0.15) is 0 Å². The van der Waals surface area contributed by atoms with Crippen molar-refractivity contribution in [3.8, 4) is 0 Å². The van der Waals surface area contributed by atoms with Gasteiger partial charge in [0.25, 0.3) is 0 Å². The summed E-state index contributed by atoms with van der Waals surface area (Å²) in [5.41, 5.74) is 0. The smallest absolute Gasteiger partial charge is 0.0564 e. The van der Waals surface area contributed by atoms with Crippen LogP contribution in [-0.4, -0.2) is 11.7 Å². The van der Waals surface area contributed by atoms with Gasteiger partial charge >= 0.3 is 0 Å². The minimum absolute atomic E-state index is 0.643. The summed E-state index contributed by atoms with van der Waals surface area (Å²) in [5.74, 6) is 0. The molecule has 0 amide bonds. The third-order valence-electron chi connectivity index (χ3n) is 1.44. The molecule has 1 nitrogen and oxygen atoms in total. The predicted octanol–water partition coefficient (Wildman–Crippen LogP) is 2.34. The summed E-state index contributed by atoms with van der Waals surface area (Å²) in [6.07, 6.45) is 6.61. The molecule has 0 aliphatic rings. The summed E-state index contributed by atoms with van der Waals surface area (Å²) in [7, 11) is 0. The molecule has 0 spiro atoms. The lowest BCUT2D eigenvalue weighted by molar-refractivity contribution is 0.282. The van der Waals surface area contributed by atoms with Crippen molar-refractivity contribution in [2.45, 2.75) is 45.4 Å². The van der Waals surface area contributed by atoms with Gasteiger partial charge in [0.05, 0.1) is 1.37 Å². The van der Waals surface area contributed by atoms with E-state index in [0.29, 0.717) is 6.42 Å². The summed E-state index contributed by atoms with van der Waals surface area (Å²) in [4.78, 5) is 0. The maximum absolute atomic E-state index is 8.58. The van der Waals surface area contributed by atoms with E-state index in [-0.39, 0.29) is 0 Å². The van der Waals surface area contributed by atoms with Crippen molar-refractivity contribution in [2.24, 2.45) is 0 Å². The van der Waals surface area contributed by atoms with E-state index in [0.717, 1.165) is 6.42 Å². The van der Waals surface area contributed by atoms with Crippen molar-refractivity contribution in [3.63, 3.8) is 0 Å². The second-order valence-electron chi connectivity index (χ2n) is 2.39. The van der Waals surface area contributed by atoms with Crippen LogP contribution in [0.1, 0.15) is 46.8 Å². The van der Waals surface area contributed by atoms with Gasteiger partial charge in [-0.15, -0.1) is 0 Å². The van der Waals surface area contributed by atoms with E-state index in [1.54, 1.807) is 0 Å². The Morgan fingerprint density at radius 2 is 1.67 bits per heavy atom. The number of hydrogen-bond acceptors (Lipinski definition) is 1. The average molecular weight is 131 g/mol. The van der Waals surface area contributed by atoms with Crippen LogP contribution >= 0.6 is 0 Å². The zero-order valence-corrected chi connectivity index (χ0v) is 6.27. The van der Waals surface area contributed by atoms with Gasteiger partial charge in [-0.1, -0.05) is 39.0 Å². The standard InChI is InChI=1S/C8H18O/c1-2-3-4-5-6-7-8-9/h9H,2-8H2,1H3/i8D/t8-/m0/s1. The van der Waals surface area contributed by atoms with E-state index in [9.17, 15) is 0 Å². The lowest BCUT2D eigenvalue weighted by Crippen LogP contribution is -1.82. The summed E-state index contributed by atoms with van der Waals surface area (Å²) in [5, 5.41) is 8.58. The molecule has 0 saturated carbocycles. The number of rotatable bonds is 6. The molecule has 0 aromatic rings. The monoisotopic (exact) mass is 131 g/mol. The molecule has 0 aromatic carbocycles. The van der Waals surface area contributed by atoms with Gasteiger partial charge in [0.2, 0.25) is 0 Å². The van der Waals surface area contributed by atoms with Crippen molar-refractivity contribution in [1.29, 1.82) is 0 Å². The molecule has 0 radical (unpaired) electrons. The van der Waals surface area contributed by atoms with Crippen LogP contribution in [0.15, 0.2) is 0 Å². The molecule has 0 aliphatic heterocycles. The SMILES string of the molecule is [2H][C@H](O)CCCCCCC. The van der Waals surface area contributed by atoms with Crippen LogP contribution in [0.2, 0.25) is 0 Å². The molecule has 0 heterocycles. The van der Waals surface area contributed by atoms with Crippen molar-refractivity contribution in [1.82, 2.24) is 0 Å². The molecule has 0 unspecified atom stereocenters. The van der Waals surface area contributed by atoms with Crippen LogP contribution < -0.4 is 0 Å². The van der Waals surface area contributed by atoms with Crippen LogP contribution in [0.3, 0.4) is 0 Å². The van der Waals surface area contributed by atoms with Crippen LogP contribution in [0.4, 0.5) is 0 Å². The topological polar surface area (TPSA) is 20.2 Å². The lowest BCUT2D eigenvalue weighted by Gasteiger charge is -1.95. The Balaban J connectivity index is 2.77. The maximum atomic E-state index is 8.58. The largest absolute Gasteiger partial charge is 0.396 e. The Morgan fingerprint density at radius 1 is 1.11 bits per heavy atom. The highest BCUT2D eigenvalue weighted by Crippen LogP contribution is 2.03. The van der Waals surface area contributed by atoms with E-state index < -0.39 is 6.58 Å². The molecular weight excluding hydrogens is 112 g/mol. The fourth-order valence-electron chi connectivity index (χ4n) is 0.839. The molecule has 1 atom stereocenters. The zero-order chi connectivity index (χ0) is 7.82. The fraction of sp³-hybridized carbons (Fsp3) is 1.00. The molecule has 0 saturated heterocycles. The van der Waals surface area contributed by atoms with Crippen molar-refractivity contribution < 1.29 is 6.48 Å². The summed E-state index contributed by atoms with van der Waals surface area (Å²) >= 11 is 0. The quantitative estimate of drug-likeness (QED) is 0.548. The number of aliphatic hydroxyl groups excluding tert-OH is 1. The van der Waals surface area contributed by atoms with Gasteiger partial charge in [0.15, 0.2) is 0 Å². The first-order valence-corrected chi connectivity index (χ1v) is 3.87. The Morgan fingerprint density at radius 3 is 2.22 bits per heavy atom. The third kappa shape index (κ3) is 7.96. The highest BCUT2D eigenvalue weighted by Gasteiger charge is 1.86. The Labute approximate surface area is 59.5 Å². The minimum Gasteiger partial charge on any atom is -0.396 e. The summed E-state index contributed by atoms with van der Waals surface area (Å²) in [6, 6.07) is 0. The molecule has 0 fully saturated rings. The van der Waals surface area contributed by atoms with Gasteiger partial charge in [0, 0.05) is 6.58 Å². The van der Waals surface area contributed by atoms with Crippen LogP contribution in [-0.2, 0) is 0 Å². The minimum atomic E-state index is -0.846. The first-order chi connectivity index (χ1) is 4.77. The second-order valence-corrected chi connectivity index (χ2v) is 2.39. The molecule has 9 heavy (non-hydrogen) atoms. The molecule has 0 aliphatic carbocycles. The highest BCUT2D eigenvalue weighted by atomic mass is 16.2. The molecule has 56 valence electrons. The van der Waals surface area contributed by atoms with E-state index in [2.05, 4.69) is 6.92 Å². The first-order valence-electron chi connectivity index (χ1n) is 4.45. The molecule has 0 rings (SSSR count). The number of hydrogen-bond donors (Lipinski definition) is 1. The molecule has 0 aromatic heterocycles. The second kappa shape index (κ2) is 7.96. The van der Waals surface area contributed by atoms with E-state index in [4.69, 9.17) is 6.48 Å². The molecule has 1 heteroatoms. The van der Waals surface area contributed by atoms with E-state index >= 15 is 0 Å². The predicted molar refractivity (Wildman–Crippen MR) is 40.5 cm³/mol. The third-order valence-corrected chi connectivity index (χ3v) is 1.44. The molecule has 0 bridgehead atoms. The zero-order valence-electron chi connectivity index (χ0n) is 7.27. The van der Waals surface area contributed by atoms with Crippen LogP contribution in [0.5, 0.6) is 0 Å². The summed E-state index contributed by atoms with van der Waals surface area (Å²) in [6.45, 7) is 1.33. The fourth-order valence-corrected chi connectivity index (χ4v) is 0.839. The van der Waals surface area contributed by atoms with Crippen LogP contribution in [0, 0.1) is 0 Å². The average Bonchev–Trinajstić information content (AvgIpc) is 1.87. The Bertz CT molecular complexity index is 64.3. The Hall–Kier alpha value is -0.0400. The van der Waals surface area contributed by atoms with Gasteiger partial charge in [-0.25, -0.2) is 0 Å². The van der Waals surface area contributed by atoms with Crippen molar-refractivity contribution in [3.05, 3.63) is 0 Å². The van der Waals surface area contributed by atoms with Crippen molar-refractivity contribution in [2.75, 3.05) is 6.58 Å². The molecule has 1 N–H and O–H groups in total. The van der Waals surface area contributed by atoms with Gasteiger partial charge < -0.3 is 5.11 Å². The Kier molecular flexibility index (Phi) is 6.25. The van der Waals surface area contributed by atoms with E-state index in [1.807, 2.05) is 0 Å². The summed E-state index contributed by atoms with van der Waals surface area (Å²) < 4.78 is 6.81. The highest BCUT2D eigenvalue weighted by molar-refractivity contribution is 4.41. The number of aliphatic hydroxyl groups is 1. The first kappa shape index (κ1) is 7.07. The van der Waals surface area contributed by atoms with Gasteiger partial charge in [-0.05, 0) is 6.42 Å². The van der Waals surface area contributed by atoms with E-state index in [1.165, 1.54) is 25.7 Å². The van der Waals surface area contributed by atoms with Gasteiger partial charge in [-0.3, -0.25) is 0 Å². The van der Waals surface area contributed by atoms with Crippen LogP contribution in [0.25, 0.3) is 0 Å².